The molecule has 2 aromatic rings. The molecular weight excluding hydrogens is 427 g/mol. The van der Waals surface area contributed by atoms with Gasteiger partial charge in [-0.25, -0.2) is 4.98 Å². The zero-order valence-electron chi connectivity index (χ0n) is 16.9. The van der Waals surface area contributed by atoms with Crippen molar-refractivity contribution in [1.29, 1.82) is 0 Å². The molecule has 1 aromatic heterocycles. The summed E-state index contributed by atoms with van der Waals surface area (Å²) in [6, 6.07) is 8.38. The van der Waals surface area contributed by atoms with Crippen molar-refractivity contribution in [2.24, 2.45) is 5.92 Å². The number of thioether (sulfide) groups is 1. The maximum Gasteiger partial charge on any atom is 0.401 e. The number of ether oxygens (including phenoxy) is 1. The number of carbonyl (C=O) groups excluding carboxylic acids is 1. The van der Waals surface area contributed by atoms with Gasteiger partial charge in [0.2, 0.25) is 5.88 Å². The molecule has 2 saturated carbocycles. The van der Waals surface area contributed by atoms with Crippen molar-refractivity contribution in [3.05, 3.63) is 59.4 Å². The summed E-state index contributed by atoms with van der Waals surface area (Å²) in [5.41, 5.74) is -2.05. The fourth-order valence-electron chi connectivity index (χ4n) is 3.36. The number of para-hydroxylation sites is 1. The lowest BCUT2D eigenvalue weighted by Crippen LogP contribution is -2.36. The number of hydrogen-bond acceptors (Lipinski definition) is 5. The van der Waals surface area contributed by atoms with E-state index in [-0.39, 0.29) is 36.2 Å². The second kappa shape index (κ2) is 8.53. The quantitative estimate of drug-likeness (QED) is 0.597. The van der Waals surface area contributed by atoms with Gasteiger partial charge in [0.05, 0.1) is 6.04 Å². The highest BCUT2D eigenvalue weighted by atomic mass is 32.2. The number of nitrogens with zero attached hydrogens (tertiary/aromatic N) is 2. The molecule has 0 spiro atoms. The van der Waals surface area contributed by atoms with Crippen molar-refractivity contribution in [2.75, 3.05) is 6.26 Å². The minimum absolute atomic E-state index is 0.00813. The summed E-state index contributed by atoms with van der Waals surface area (Å²) in [5, 5.41) is 4.85. The Morgan fingerprint density at radius 2 is 2.00 bits per heavy atom. The van der Waals surface area contributed by atoms with Crippen molar-refractivity contribution < 1.29 is 22.7 Å². The Bertz CT molecular complexity index is 974. The monoisotopic (exact) mass is 449 g/mol. The fraction of sp³-hybridized carbons (Fsp3) is 0.409. The molecule has 5 nitrogen and oxygen atoms in total. The molecule has 1 unspecified atom stereocenters. The van der Waals surface area contributed by atoms with E-state index in [4.69, 9.17) is 4.74 Å². The molecule has 0 radical (unpaired) electrons. The molecular formula is C22H22F3N3O2S. The standard InChI is InChI=1S/C22H22F3N3O2S/c1-31-12-9-17(14-7-8-14)27-18(29)16-13-26-20(21(10-11-21)22(23,24)25)28-19(16)30-15-5-3-2-4-6-15/h2-6,9,12-14,17H,7-8,10-11H2,1H3,(H,27,29)/b12-9+. The van der Waals surface area contributed by atoms with Gasteiger partial charge in [0.1, 0.15) is 22.6 Å². The van der Waals surface area contributed by atoms with Gasteiger partial charge >= 0.3 is 6.18 Å². The van der Waals surface area contributed by atoms with Gasteiger partial charge in [-0.05, 0) is 55.4 Å². The van der Waals surface area contributed by atoms with Crippen molar-refractivity contribution in [2.45, 2.75) is 43.3 Å². The Hall–Kier alpha value is -2.55. The Balaban J connectivity index is 1.66. The van der Waals surface area contributed by atoms with E-state index in [2.05, 4.69) is 15.3 Å². The highest BCUT2D eigenvalue weighted by molar-refractivity contribution is 8.01. The summed E-state index contributed by atoms with van der Waals surface area (Å²) >= 11 is 1.53. The minimum atomic E-state index is -4.46. The smallest absolute Gasteiger partial charge is 0.401 e. The Morgan fingerprint density at radius 3 is 2.58 bits per heavy atom. The van der Waals surface area contributed by atoms with Crippen molar-refractivity contribution in [1.82, 2.24) is 15.3 Å². The summed E-state index contributed by atoms with van der Waals surface area (Å²) in [6.45, 7) is 0. The molecule has 9 heteroatoms. The number of halogens is 3. The molecule has 0 aliphatic heterocycles. The third kappa shape index (κ3) is 4.71. The maximum absolute atomic E-state index is 13.6. The molecule has 4 rings (SSSR count). The van der Waals surface area contributed by atoms with Gasteiger partial charge in [-0.3, -0.25) is 4.79 Å². The summed E-state index contributed by atoms with van der Waals surface area (Å²) in [6.07, 6.45) is 2.42. The van der Waals surface area contributed by atoms with Crippen LogP contribution >= 0.6 is 11.8 Å². The van der Waals surface area contributed by atoms with Gasteiger partial charge in [-0.2, -0.15) is 18.2 Å². The molecule has 0 bridgehead atoms. The first-order chi connectivity index (χ1) is 14.8. The molecule has 1 atom stereocenters. The molecule has 2 aliphatic rings. The van der Waals surface area contributed by atoms with E-state index in [1.165, 1.54) is 11.8 Å². The van der Waals surface area contributed by atoms with Crippen LogP contribution in [0.25, 0.3) is 0 Å². The third-order valence-corrected chi connectivity index (χ3v) is 5.96. The minimum Gasteiger partial charge on any atom is -0.438 e. The number of benzene rings is 1. The molecule has 2 fully saturated rings. The molecule has 1 amide bonds. The van der Waals surface area contributed by atoms with Crippen LogP contribution in [0.2, 0.25) is 0 Å². The Morgan fingerprint density at radius 1 is 1.29 bits per heavy atom. The molecule has 1 N–H and O–H groups in total. The van der Waals surface area contributed by atoms with Crippen LogP contribution in [0.1, 0.15) is 41.9 Å². The zero-order valence-corrected chi connectivity index (χ0v) is 17.7. The van der Waals surface area contributed by atoms with E-state index in [1.54, 1.807) is 30.3 Å². The lowest BCUT2D eigenvalue weighted by atomic mass is 10.1. The highest BCUT2D eigenvalue weighted by Gasteiger charge is 2.66. The zero-order chi connectivity index (χ0) is 22.1. The lowest BCUT2D eigenvalue weighted by Gasteiger charge is -2.20. The molecule has 2 aliphatic carbocycles. The Kier molecular flexibility index (Phi) is 5.96. The number of rotatable bonds is 8. The normalized spacial score (nSPS) is 18.6. The molecule has 31 heavy (non-hydrogen) atoms. The molecule has 164 valence electrons. The number of carbonyl (C=O) groups is 1. The number of nitrogens with one attached hydrogen (secondary N) is 1. The van der Waals surface area contributed by atoms with Gasteiger partial charge in [0, 0.05) is 6.20 Å². The maximum atomic E-state index is 13.6. The summed E-state index contributed by atoms with van der Waals surface area (Å²) in [7, 11) is 0. The van der Waals surface area contributed by atoms with E-state index >= 15 is 0 Å². The second-order valence-electron chi connectivity index (χ2n) is 7.81. The average Bonchev–Trinajstić information content (AvgIpc) is 3.63. The molecule has 1 heterocycles. The molecule has 1 aromatic carbocycles. The summed E-state index contributed by atoms with van der Waals surface area (Å²) in [5.74, 6) is -0.279. The fourth-order valence-corrected chi connectivity index (χ4v) is 3.69. The van der Waals surface area contributed by atoms with Gasteiger partial charge in [0.15, 0.2) is 0 Å². The van der Waals surface area contributed by atoms with Gasteiger partial charge in [-0.15, -0.1) is 11.8 Å². The van der Waals surface area contributed by atoms with E-state index in [1.807, 2.05) is 17.7 Å². The van der Waals surface area contributed by atoms with E-state index in [0.717, 1.165) is 19.0 Å². The largest absolute Gasteiger partial charge is 0.438 e. The topological polar surface area (TPSA) is 64.1 Å². The van der Waals surface area contributed by atoms with Crippen molar-refractivity contribution in [3.63, 3.8) is 0 Å². The van der Waals surface area contributed by atoms with Crippen LogP contribution in [0, 0.1) is 5.92 Å². The van der Waals surface area contributed by atoms with Crippen LogP contribution in [0.3, 0.4) is 0 Å². The van der Waals surface area contributed by atoms with Crippen LogP contribution < -0.4 is 10.1 Å². The van der Waals surface area contributed by atoms with Crippen molar-refractivity contribution >= 4 is 17.7 Å². The van der Waals surface area contributed by atoms with Gasteiger partial charge < -0.3 is 10.1 Å². The SMILES string of the molecule is CS/C=C/C(NC(=O)c1cnc(C2(C(F)(F)F)CC2)nc1Oc1ccccc1)C1CC1. The first-order valence-electron chi connectivity index (χ1n) is 10.0. The molecule has 0 saturated heterocycles. The van der Waals surface area contributed by atoms with Crippen LogP contribution in [0.15, 0.2) is 48.0 Å². The summed E-state index contributed by atoms with van der Waals surface area (Å²) in [4.78, 5) is 21.0. The number of amides is 1. The predicted octanol–water partition coefficient (Wildman–Crippen LogP) is 5.25. The second-order valence-corrected chi connectivity index (χ2v) is 8.55. The number of aromatic nitrogens is 2. The number of alkyl halides is 3. The first-order valence-corrected chi connectivity index (χ1v) is 11.3. The third-order valence-electron chi connectivity index (χ3n) is 5.53. The van der Waals surface area contributed by atoms with E-state index in [9.17, 15) is 18.0 Å². The van der Waals surface area contributed by atoms with Gasteiger partial charge in [-0.1, -0.05) is 24.3 Å². The Labute approximate surface area is 182 Å². The van der Waals surface area contributed by atoms with Crippen LogP contribution in [0.4, 0.5) is 13.2 Å². The number of hydrogen-bond donors (Lipinski definition) is 1. The van der Waals surface area contributed by atoms with E-state index < -0.39 is 17.5 Å². The van der Waals surface area contributed by atoms with Crippen LogP contribution in [-0.4, -0.2) is 34.3 Å². The average molecular weight is 449 g/mol. The lowest BCUT2D eigenvalue weighted by molar-refractivity contribution is -0.162. The summed E-state index contributed by atoms with van der Waals surface area (Å²) < 4.78 is 46.5. The van der Waals surface area contributed by atoms with Gasteiger partial charge in [0.25, 0.3) is 5.91 Å². The van der Waals surface area contributed by atoms with Crippen LogP contribution in [-0.2, 0) is 5.41 Å². The van der Waals surface area contributed by atoms with E-state index in [0.29, 0.717) is 11.7 Å². The van der Waals surface area contributed by atoms with Crippen molar-refractivity contribution in [3.8, 4) is 11.6 Å². The highest BCUT2D eigenvalue weighted by Crippen LogP contribution is 2.58. The predicted molar refractivity (Wildman–Crippen MR) is 112 cm³/mol. The van der Waals surface area contributed by atoms with Crippen LogP contribution in [0.5, 0.6) is 11.6 Å². The first kappa shape index (κ1) is 21.7.